The van der Waals surface area contributed by atoms with E-state index >= 15 is 0 Å². The maximum atomic E-state index is 13.4. The van der Waals surface area contributed by atoms with Gasteiger partial charge in [-0.05, 0) is 86.0 Å². The Labute approximate surface area is 222 Å². The predicted molar refractivity (Wildman–Crippen MR) is 147 cm³/mol. The van der Waals surface area contributed by atoms with Crippen LogP contribution in [0, 0.1) is 5.82 Å². The molecular formula is C30H31FO6S. The van der Waals surface area contributed by atoms with Crippen LogP contribution in [0.15, 0.2) is 65.1 Å². The summed E-state index contributed by atoms with van der Waals surface area (Å²) in [5, 5.41) is 0.472. The Balaban J connectivity index is 0.00000195. The van der Waals surface area contributed by atoms with Crippen molar-refractivity contribution in [3.8, 4) is 22.5 Å². The fourth-order valence-electron chi connectivity index (χ4n) is 3.96. The number of fused-ring (bicyclic) bond motifs is 1. The van der Waals surface area contributed by atoms with Gasteiger partial charge in [-0.2, -0.15) is 0 Å². The van der Waals surface area contributed by atoms with Crippen LogP contribution in [0.1, 0.15) is 60.9 Å². The summed E-state index contributed by atoms with van der Waals surface area (Å²) in [6.07, 6.45) is 1.78. The SMILES string of the molecule is CC.CC(C)(C)OC(=O)c1cccc(-c2cc3c(C=O)c(-c4ccc(F)cc4)oc3cc2CS(C)(=O)=O)c1. The van der Waals surface area contributed by atoms with Gasteiger partial charge in [0.05, 0.1) is 16.9 Å². The van der Waals surface area contributed by atoms with Crippen molar-refractivity contribution in [1.29, 1.82) is 0 Å². The van der Waals surface area contributed by atoms with Gasteiger partial charge in [0.1, 0.15) is 22.8 Å². The standard InChI is InChI=1S/C28H25FO6S.C2H6/c1-28(2,3)35-27(31)19-7-5-6-18(12-19)22-14-23-24(15-30)26(17-8-10-21(29)11-9-17)34-25(23)13-20(22)16-36(4,32)33;1-2/h5-15H,16H2,1-4H3;1-2H3. The molecule has 6 nitrogen and oxygen atoms in total. The van der Waals surface area contributed by atoms with E-state index in [0.717, 1.165) is 6.26 Å². The normalized spacial score (nSPS) is 11.6. The van der Waals surface area contributed by atoms with Crippen molar-refractivity contribution in [1.82, 2.24) is 0 Å². The fraction of sp³-hybridized carbons (Fsp3) is 0.267. The van der Waals surface area contributed by atoms with E-state index in [2.05, 4.69) is 0 Å². The molecule has 0 fully saturated rings. The largest absolute Gasteiger partial charge is 0.456 e. The molecule has 0 bridgehead atoms. The second kappa shape index (κ2) is 11.3. The molecule has 0 N–H and O–H groups in total. The van der Waals surface area contributed by atoms with Crippen LogP contribution in [0.25, 0.3) is 33.4 Å². The molecule has 0 aliphatic rings. The van der Waals surface area contributed by atoms with Crippen molar-refractivity contribution in [2.45, 2.75) is 46.0 Å². The van der Waals surface area contributed by atoms with Gasteiger partial charge in [-0.25, -0.2) is 17.6 Å². The molecule has 4 rings (SSSR count). The maximum Gasteiger partial charge on any atom is 0.338 e. The number of carbonyl (C=O) groups excluding carboxylic acids is 2. The van der Waals surface area contributed by atoms with Crippen LogP contribution >= 0.6 is 0 Å². The van der Waals surface area contributed by atoms with E-state index in [9.17, 15) is 22.4 Å². The summed E-state index contributed by atoms with van der Waals surface area (Å²) in [6.45, 7) is 9.31. The smallest absolute Gasteiger partial charge is 0.338 e. The van der Waals surface area contributed by atoms with Crippen molar-refractivity contribution in [3.05, 3.63) is 83.2 Å². The Morgan fingerprint density at radius 2 is 1.66 bits per heavy atom. The molecule has 1 heterocycles. The molecule has 0 saturated carbocycles. The first kappa shape index (κ1) is 28.8. The van der Waals surface area contributed by atoms with Crippen LogP contribution in [-0.4, -0.2) is 32.5 Å². The molecule has 0 aliphatic carbocycles. The predicted octanol–water partition coefficient (Wildman–Crippen LogP) is 7.24. The zero-order valence-electron chi connectivity index (χ0n) is 22.3. The van der Waals surface area contributed by atoms with Crippen LogP contribution in [0.2, 0.25) is 0 Å². The summed E-state index contributed by atoms with van der Waals surface area (Å²) in [5.41, 5.74) is 2.28. The Morgan fingerprint density at radius 3 is 2.24 bits per heavy atom. The van der Waals surface area contributed by atoms with Crippen LogP contribution in [0.5, 0.6) is 0 Å². The first-order valence-electron chi connectivity index (χ1n) is 12.2. The van der Waals surface area contributed by atoms with E-state index in [4.69, 9.17) is 9.15 Å². The number of esters is 1. The van der Waals surface area contributed by atoms with Crippen molar-refractivity contribution >= 4 is 33.1 Å². The van der Waals surface area contributed by atoms with Crippen molar-refractivity contribution in [3.63, 3.8) is 0 Å². The zero-order chi connectivity index (χ0) is 28.3. The van der Waals surface area contributed by atoms with Crippen LogP contribution < -0.4 is 0 Å². The average Bonchev–Trinajstić information content (AvgIpc) is 3.20. The number of hydrogen-bond donors (Lipinski definition) is 0. The number of rotatable bonds is 6. The number of ether oxygens (including phenoxy) is 1. The molecule has 0 unspecified atom stereocenters. The number of aldehydes is 1. The van der Waals surface area contributed by atoms with E-state index in [0.29, 0.717) is 45.1 Å². The van der Waals surface area contributed by atoms with Gasteiger partial charge in [0.25, 0.3) is 0 Å². The molecule has 200 valence electrons. The molecule has 0 spiro atoms. The number of carbonyl (C=O) groups is 2. The monoisotopic (exact) mass is 538 g/mol. The molecular weight excluding hydrogens is 507 g/mol. The van der Waals surface area contributed by atoms with E-state index in [1.165, 1.54) is 24.3 Å². The molecule has 0 amide bonds. The number of sulfone groups is 1. The second-order valence-corrected chi connectivity index (χ2v) is 11.8. The molecule has 0 atom stereocenters. The summed E-state index contributed by atoms with van der Waals surface area (Å²) in [5.74, 6) is -0.960. The minimum Gasteiger partial charge on any atom is -0.456 e. The van der Waals surface area contributed by atoms with Crippen molar-refractivity contribution in [2.75, 3.05) is 6.26 Å². The highest BCUT2D eigenvalue weighted by molar-refractivity contribution is 7.89. The lowest BCUT2D eigenvalue weighted by Gasteiger charge is -2.19. The summed E-state index contributed by atoms with van der Waals surface area (Å²) in [4.78, 5) is 24.7. The minimum atomic E-state index is -3.44. The van der Waals surface area contributed by atoms with Gasteiger partial charge in [0, 0.05) is 17.2 Å². The maximum absolute atomic E-state index is 13.4. The fourth-order valence-corrected chi connectivity index (χ4v) is 4.76. The molecule has 0 aliphatic heterocycles. The first-order valence-corrected chi connectivity index (χ1v) is 14.2. The minimum absolute atomic E-state index is 0.255. The molecule has 38 heavy (non-hydrogen) atoms. The van der Waals surface area contributed by atoms with Crippen LogP contribution in [0.3, 0.4) is 0 Å². The number of halogens is 1. The van der Waals surface area contributed by atoms with Crippen molar-refractivity contribution < 1.29 is 31.6 Å². The number of benzene rings is 3. The molecule has 1 aromatic heterocycles. The third-order valence-electron chi connectivity index (χ3n) is 5.40. The zero-order valence-corrected chi connectivity index (χ0v) is 23.1. The van der Waals surface area contributed by atoms with Gasteiger partial charge in [-0.3, -0.25) is 4.79 Å². The third-order valence-corrected chi connectivity index (χ3v) is 6.24. The summed E-state index contributed by atoms with van der Waals surface area (Å²) in [7, 11) is -3.44. The second-order valence-electron chi connectivity index (χ2n) is 9.63. The first-order chi connectivity index (χ1) is 17.8. The van der Waals surface area contributed by atoms with Gasteiger partial charge in [0.15, 0.2) is 16.1 Å². The van der Waals surface area contributed by atoms with Gasteiger partial charge in [-0.15, -0.1) is 0 Å². The van der Waals surface area contributed by atoms with Gasteiger partial charge in [0.2, 0.25) is 0 Å². The lowest BCUT2D eigenvalue weighted by molar-refractivity contribution is 0.00694. The molecule has 3 aromatic carbocycles. The summed E-state index contributed by atoms with van der Waals surface area (Å²) in [6, 6.07) is 15.5. The van der Waals surface area contributed by atoms with Gasteiger partial charge in [-0.1, -0.05) is 26.0 Å². The average molecular weight is 539 g/mol. The highest BCUT2D eigenvalue weighted by Gasteiger charge is 2.22. The molecule has 0 saturated heterocycles. The number of furan rings is 1. The van der Waals surface area contributed by atoms with Gasteiger partial charge >= 0.3 is 5.97 Å². The van der Waals surface area contributed by atoms with Crippen molar-refractivity contribution in [2.24, 2.45) is 0 Å². The Bertz CT molecular complexity index is 1580. The topological polar surface area (TPSA) is 90.7 Å². The van der Waals surface area contributed by atoms with E-state index in [-0.39, 0.29) is 17.1 Å². The Kier molecular flexibility index (Phi) is 8.57. The summed E-state index contributed by atoms with van der Waals surface area (Å²) >= 11 is 0. The third kappa shape index (κ3) is 6.75. The van der Waals surface area contributed by atoms with E-state index in [1.54, 1.807) is 57.2 Å². The van der Waals surface area contributed by atoms with E-state index in [1.807, 2.05) is 13.8 Å². The van der Waals surface area contributed by atoms with Crippen LogP contribution in [-0.2, 0) is 20.3 Å². The lowest BCUT2D eigenvalue weighted by atomic mass is 9.96. The quantitative estimate of drug-likeness (QED) is 0.190. The Morgan fingerprint density at radius 1 is 1.00 bits per heavy atom. The number of hydrogen-bond acceptors (Lipinski definition) is 6. The highest BCUT2D eigenvalue weighted by Crippen LogP contribution is 2.38. The van der Waals surface area contributed by atoms with E-state index < -0.39 is 27.2 Å². The molecule has 8 heteroatoms. The highest BCUT2D eigenvalue weighted by atomic mass is 32.2. The van der Waals surface area contributed by atoms with Gasteiger partial charge < -0.3 is 9.15 Å². The van der Waals surface area contributed by atoms with Crippen LogP contribution in [0.4, 0.5) is 4.39 Å². The summed E-state index contributed by atoms with van der Waals surface area (Å²) < 4.78 is 49.3. The molecule has 4 aromatic rings. The lowest BCUT2D eigenvalue weighted by Crippen LogP contribution is -2.23. The Hall–Kier alpha value is -3.78. The molecule has 0 radical (unpaired) electrons.